The highest BCUT2D eigenvalue weighted by Crippen LogP contribution is 2.29. The van der Waals surface area contributed by atoms with Gasteiger partial charge in [0.15, 0.2) is 11.9 Å². The normalized spacial score (nSPS) is 11.2. The lowest BCUT2D eigenvalue weighted by molar-refractivity contribution is 0.112. The van der Waals surface area contributed by atoms with E-state index in [1.807, 2.05) is 33.8 Å². The maximum absolute atomic E-state index is 13.7. The van der Waals surface area contributed by atoms with E-state index in [9.17, 15) is 9.18 Å². The largest absolute Gasteiger partial charge is 0.473 e. The lowest BCUT2D eigenvalue weighted by Crippen LogP contribution is -2.03. The number of aldehydes is 1. The number of thiophene rings is 1. The third-order valence-corrected chi connectivity index (χ3v) is 6.23. The van der Waals surface area contributed by atoms with Crippen LogP contribution in [0.1, 0.15) is 36.9 Å². The molecule has 0 N–H and O–H groups in total. The van der Waals surface area contributed by atoms with Gasteiger partial charge in [0, 0.05) is 21.9 Å². The highest BCUT2D eigenvalue weighted by atomic mass is 32.1. The van der Waals surface area contributed by atoms with Crippen LogP contribution in [0, 0.1) is 33.5 Å². The predicted octanol–water partition coefficient (Wildman–Crippen LogP) is 5.25. The van der Waals surface area contributed by atoms with Gasteiger partial charge in [0.2, 0.25) is 5.88 Å². The molecule has 1 aromatic carbocycles. The number of aryl methyl sites for hydroxylation is 3. The molecule has 4 aromatic rings. The van der Waals surface area contributed by atoms with E-state index < -0.39 is 0 Å². The molecule has 0 aliphatic heterocycles. The van der Waals surface area contributed by atoms with Gasteiger partial charge >= 0.3 is 0 Å². The maximum Gasteiger partial charge on any atom is 0.215 e. The van der Waals surface area contributed by atoms with Gasteiger partial charge in [-0.25, -0.2) is 9.07 Å². The number of halogens is 1. The van der Waals surface area contributed by atoms with Crippen molar-refractivity contribution in [1.82, 2.24) is 14.8 Å². The number of carbonyl (C=O) groups is 1. The minimum absolute atomic E-state index is 0.259. The van der Waals surface area contributed by atoms with Crippen LogP contribution in [0.15, 0.2) is 30.3 Å². The molecule has 0 spiro atoms. The lowest BCUT2D eigenvalue weighted by Gasteiger charge is -2.09. The standard InChI is InChI=1S/C22H20FN3O2S/c1-12-8-20(28-11-18-13(2)15(4)29-19(18)10-27)24-22-21(12)14(3)25-26(22)17-7-5-6-16(23)9-17/h5-10H,11H2,1-4H3. The smallest absolute Gasteiger partial charge is 0.215 e. The predicted molar refractivity (Wildman–Crippen MR) is 112 cm³/mol. The molecule has 0 radical (unpaired) electrons. The molecule has 0 amide bonds. The van der Waals surface area contributed by atoms with Crippen LogP contribution in [-0.4, -0.2) is 21.1 Å². The van der Waals surface area contributed by atoms with E-state index in [2.05, 4.69) is 10.1 Å². The molecule has 3 heterocycles. The molecule has 3 aromatic heterocycles. The molecule has 7 heteroatoms. The maximum atomic E-state index is 13.7. The molecule has 0 aliphatic carbocycles. The summed E-state index contributed by atoms with van der Waals surface area (Å²) in [5, 5.41) is 5.47. The summed E-state index contributed by atoms with van der Waals surface area (Å²) in [5.74, 6) is 0.102. The topological polar surface area (TPSA) is 57.0 Å². The lowest BCUT2D eigenvalue weighted by atomic mass is 10.1. The molecule has 0 atom stereocenters. The van der Waals surface area contributed by atoms with Crippen LogP contribution >= 0.6 is 11.3 Å². The van der Waals surface area contributed by atoms with Crippen molar-refractivity contribution in [3.63, 3.8) is 0 Å². The molecular weight excluding hydrogens is 389 g/mol. The number of carbonyl (C=O) groups excluding carboxylic acids is 1. The summed E-state index contributed by atoms with van der Waals surface area (Å²) in [6.45, 7) is 8.11. The number of rotatable bonds is 5. The Hall–Kier alpha value is -3.06. The number of hydrogen-bond donors (Lipinski definition) is 0. The molecule has 148 valence electrons. The summed E-state index contributed by atoms with van der Waals surface area (Å²) in [5.41, 5.74) is 4.94. The van der Waals surface area contributed by atoms with Crippen molar-refractivity contribution in [1.29, 1.82) is 0 Å². The van der Waals surface area contributed by atoms with E-state index in [1.165, 1.54) is 23.5 Å². The van der Waals surface area contributed by atoms with Gasteiger partial charge < -0.3 is 4.74 Å². The molecule has 4 rings (SSSR count). The van der Waals surface area contributed by atoms with Crippen LogP contribution in [-0.2, 0) is 6.61 Å². The molecule has 0 saturated carbocycles. The third kappa shape index (κ3) is 3.42. The first-order valence-corrected chi connectivity index (χ1v) is 10.0. The summed E-state index contributed by atoms with van der Waals surface area (Å²) >= 11 is 1.47. The second-order valence-corrected chi connectivity index (χ2v) is 8.24. The summed E-state index contributed by atoms with van der Waals surface area (Å²) in [6, 6.07) is 8.11. The first-order chi connectivity index (χ1) is 13.9. The van der Waals surface area contributed by atoms with E-state index in [4.69, 9.17) is 4.74 Å². The molecule has 5 nitrogen and oxygen atoms in total. The van der Waals surface area contributed by atoms with E-state index in [0.29, 0.717) is 22.1 Å². The van der Waals surface area contributed by atoms with Gasteiger partial charge in [-0.05, 0) is 57.0 Å². The second-order valence-electron chi connectivity index (χ2n) is 6.99. The van der Waals surface area contributed by atoms with Crippen molar-refractivity contribution in [2.45, 2.75) is 34.3 Å². The number of benzene rings is 1. The van der Waals surface area contributed by atoms with Gasteiger partial charge in [-0.15, -0.1) is 11.3 Å². The number of aromatic nitrogens is 3. The Balaban J connectivity index is 1.75. The highest BCUT2D eigenvalue weighted by molar-refractivity contribution is 7.14. The molecule has 0 unspecified atom stereocenters. The Morgan fingerprint density at radius 1 is 1.21 bits per heavy atom. The zero-order chi connectivity index (χ0) is 20.7. The van der Waals surface area contributed by atoms with Crippen LogP contribution in [0.4, 0.5) is 4.39 Å². The van der Waals surface area contributed by atoms with Crippen LogP contribution < -0.4 is 4.74 Å². The van der Waals surface area contributed by atoms with Crippen LogP contribution in [0.5, 0.6) is 5.88 Å². The van der Waals surface area contributed by atoms with Crippen molar-refractivity contribution < 1.29 is 13.9 Å². The van der Waals surface area contributed by atoms with E-state index in [-0.39, 0.29) is 12.4 Å². The van der Waals surface area contributed by atoms with Crippen molar-refractivity contribution in [2.24, 2.45) is 0 Å². The Morgan fingerprint density at radius 2 is 2.00 bits per heavy atom. The van der Waals surface area contributed by atoms with Gasteiger partial charge in [-0.2, -0.15) is 10.1 Å². The number of hydrogen-bond acceptors (Lipinski definition) is 5. The minimum atomic E-state index is -0.336. The Bertz CT molecular complexity index is 1240. The average Bonchev–Trinajstić information content (AvgIpc) is 3.17. The van der Waals surface area contributed by atoms with Crippen LogP contribution in [0.25, 0.3) is 16.7 Å². The monoisotopic (exact) mass is 409 g/mol. The molecule has 0 aliphatic rings. The van der Waals surface area contributed by atoms with Crippen molar-refractivity contribution in [3.8, 4) is 11.6 Å². The Kier molecular flexibility index (Phi) is 4.92. The van der Waals surface area contributed by atoms with Crippen LogP contribution in [0.3, 0.4) is 0 Å². The van der Waals surface area contributed by atoms with Crippen molar-refractivity contribution in [2.75, 3.05) is 0 Å². The third-order valence-electron chi connectivity index (χ3n) is 5.05. The fourth-order valence-electron chi connectivity index (χ4n) is 3.46. The summed E-state index contributed by atoms with van der Waals surface area (Å²) < 4.78 is 21.3. The first kappa shape index (κ1) is 19.3. The highest BCUT2D eigenvalue weighted by Gasteiger charge is 2.17. The SMILES string of the molecule is Cc1sc(C=O)c(COc2cc(C)c3c(C)nn(-c4cccc(F)c4)c3n2)c1C. The molecule has 0 saturated heterocycles. The summed E-state index contributed by atoms with van der Waals surface area (Å²) in [4.78, 5) is 17.8. The second kappa shape index (κ2) is 7.40. The molecule has 0 bridgehead atoms. The molecule has 29 heavy (non-hydrogen) atoms. The van der Waals surface area contributed by atoms with Crippen molar-refractivity contribution >= 4 is 28.7 Å². The zero-order valence-electron chi connectivity index (χ0n) is 16.6. The Labute approximate surface area is 171 Å². The summed E-state index contributed by atoms with van der Waals surface area (Å²) in [6.07, 6.45) is 0.869. The summed E-state index contributed by atoms with van der Waals surface area (Å²) in [7, 11) is 0. The van der Waals surface area contributed by atoms with Gasteiger partial charge in [0.05, 0.1) is 16.3 Å². The van der Waals surface area contributed by atoms with E-state index >= 15 is 0 Å². The van der Waals surface area contributed by atoms with Crippen LogP contribution in [0.2, 0.25) is 0 Å². The fourth-order valence-corrected chi connectivity index (χ4v) is 4.45. The van der Waals surface area contributed by atoms with E-state index in [0.717, 1.165) is 38.9 Å². The number of fused-ring (bicyclic) bond motifs is 1. The average molecular weight is 409 g/mol. The van der Waals surface area contributed by atoms with Gasteiger partial charge in [0.1, 0.15) is 12.4 Å². The Morgan fingerprint density at radius 3 is 2.72 bits per heavy atom. The van der Waals surface area contributed by atoms with E-state index in [1.54, 1.807) is 16.8 Å². The number of nitrogens with zero attached hydrogens (tertiary/aromatic N) is 3. The zero-order valence-corrected chi connectivity index (χ0v) is 17.4. The van der Waals surface area contributed by atoms with Gasteiger partial charge in [-0.1, -0.05) is 6.07 Å². The fraction of sp³-hybridized carbons (Fsp3) is 0.227. The van der Waals surface area contributed by atoms with Gasteiger partial charge in [-0.3, -0.25) is 4.79 Å². The molecular formula is C22H20FN3O2S. The van der Waals surface area contributed by atoms with Gasteiger partial charge in [0.25, 0.3) is 0 Å². The quantitative estimate of drug-likeness (QED) is 0.423. The minimum Gasteiger partial charge on any atom is -0.473 e. The first-order valence-electron chi connectivity index (χ1n) is 9.18. The number of pyridine rings is 1. The molecule has 0 fully saturated rings. The number of ether oxygens (including phenoxy) is 1. The van der Waals surface area contributed by atoms with Crippen molar-refractivity contribution in [3.05, 3.63) is 68.3 Å².